The van der Waals surface area contributed by atoms with Gasteiger partial charge in [0.05, 0.1) is 6.04 Å². The van der Waals surface area contributed by atoms with E-state index in [1.165, 1.54) is 6.42 Å². The fourth-order valence-electron chi connectivity index (χ4n) is 1.79. The summed E-state index contributed by atoms with van der Waals surface area (Å²) in [4.78, 5) is 22.0. The molecule has 17 heavy (non-hydrogen) atoms. The number of thioether (sulfide) groups is 1. The van der Waals surface area contributed by atoms with Crippen LogP contribution in [-0.4, -0.2) is 40.1 Å². The second-order valence-electron chi connectivity index (χ2n) is 4.66. The average Bonchev–Trinajstić information content (AvgIpc) is 2.70. The summed E-state index contributed by atoms with van der Waals surface area (Å²) in [5, 5.41) is 11.3. The first-order valence-electron chi connectivity index (χ1n) is 5.82. The molecule has 2 unspecified atom stereocenters. The van der Waals surface area contributed by atoms with Crippen LogP contribution < -0.4 is 11.1 Å². The van der Waals surface area contributed by atoms with E-state index in [0.717, 1.165) is 12.2 Å². The molecule has 0 aliphatic carbocycles. The quantitative estimate of drug-likeness (QED) is 0.649. The Bertz CT molecular complexity index is 290. The van der Waals surface area contributed by atoms with Gasteiger partial charge in [-0.05, 0) is 31.9 Å². The van der Waals surface area contributed by atoms with E-state index in [2.05, 4.69) is 12.2 Å². The summed E-state index contributed by atoms with van der Waals surface area (Å²) in [6, 6.07) is -0.721. The SMILES string of the molecule is CC1(CNC(=O)C(N)CCC(=O)O)CCCS1. The highest BCUT2D eigenvalue weighted by atomic mass is 32.2. The molecule has 0 radical (unpaired) electrons. The highest BCUT2D eigenvalue weighted by molar-refractivity contribution is 8.00. The third-order valence-electron chi connectivity index (χ3n) is 2.94. The number of carbonyl (C=O) groups excluding carboxylic acids is 1. The van der Waals surface area contributed by atoms with Crippen molar-refractivity contribution in [2.45, 2.75) is 43.4 Å². The maximum atomic E-state index is 11.6. The summed E-state index contributed by atoms with van der Waals surface area (Å²) in [7, 11) is 0. The predicted molar refractivity (Wildman–Crippen MR) is 68.0 cm³/mol. The molecular formula is C11H20N2O3S. The summed E-state index contributed by atoms with van der Waals surface area (Å²) in [5.74, 6) is -0.0382. The molecule has 1 heterocycles. The van der Waals surface area contributed by atoms with Gasteiger partial charge in [-0.15, -0.1) is 0 Å². The number of carboxylic acids is 1. The number of hydrogen-bond donors (Lipinski definition) is 3. The molecule has 1 fully saturated rings. The van der Waals surface area contributed by atoms with Crippen LogP contribution in [0, 0.1) is 0 Å². The van der Waals surface area contributed by atoms with E-state index in [4.69, 9.17) is 10.8 Å². The van der Waals surface area contributed by atoms with Crippen LogP contribution in [0.2, 0.25) is 0 Å². The number of carboxylic acid groups (broad SMARTS) is 1. The lowest BCUT2D eigenvalue weighted by atomic mass is 10.1. The molecule has 4 N–H and O–H groups in total. The number of aliphatic carboxylic acids is 1. The minimum atomic E-state index is -0.924. The molecule has 1 saturated heterocycles. The van der Waals surface area contributed by atoms with Crippen LogP contribution in [0.3, 0.4) is 0 Å². The standard InChI is InChI=1S/C11H20N2O3S/c1-11(5-2-6-17-11)7-13-10(16)8(12)3-4-9(14)15/h8H,2-7,12H2,1H3,(H,13,16)(H,14,15). The Morgan fingerprint density at radius 3 is 2.82 bits per heavy atom. The van der Waals surface area contributed by atoms with Crippen molar-refractivity contribution in [1.29, 1.82) is 0 Å². The van der Waals surface area contributed by atoms with E-state index in [0.29, 0.717) is 6.54 Å². The lowest BCUT2D eigenvalue weighted by Gasteiger charge is -2.23. The molecule has 2 atom stereocenters. The Balaban J connectivity index is 2.26. The average molecular weight is 260 g/mol. The van der Waals surface area contributed by atoms with Crippen LogP contribution in [-0.2, 0) is 9.59 Å². The van der Waals surface area contributed by atoms with Crippen molar-refractivity contribution in [3.63, 3.8) is 0 Å². The Labute approximate surface area is 106 Å². The third-order valence-corrected chi connectivity index (χ3v) is 4.48. The molecule has 0 aromatic heterocycles. The maximum Gasteiger partial charge on any atom is 0.303 e. The summed E-state index contributed by atoms with van der Waals surface area (Å²) < 4.78 is 0.113. The van der Waals surface area contributed by atoms with Gasteiger partial charge < -0.3 is 16.2 Å². The molecule has 1 aliphatic heterocycles. The molecule has 1 amide bonds. The number of carbonyl (C=O) groups is 2. The molecule has 5 nitrogen and oxygen atoms in total. The van der Waals surface area contributed by atoms with Crippen LogP contribution >= 0.6 is 11.8 Å². The topological polar surface area (TPSA) is 92.4 Å². The van der Waals surface area contributed by atoms with Gasteiger partial charge in [0.25, 0.3) is 0 Å². The van der Waals surface area contributed by atoms with Gasteiger partial charge in [0.2, 0.25) is 5.91 Å². The van der Waals surface area contributed by atoms with E-state index in [1.54, 1.807) is 0 Å². The van der Waals surface area contributed by atoms with Crippen LogP contribution in [0.4, 0.5) is 0 Å². The van der Waals surface area contributed by atoms with Crippen molar-refractivity contribution in [3.05, 3.63) is 0 Å². The number of hydrogen-bond acceptors (Lipinski definition) is 4. The Hall–Kier alpha value is -0.750. The van der Waals surface area contributed by atoms with Crippen molar-refractivity contribution in [1.82, 2.24) is 5.32 Å². The van der Waals surface area contributed by atoms with Crippen molar-refractivity contribution in [2.24, 2.45) is 5.73 Å². The van der Waals surface area contributed by atoms with Crippen molar-refractivity contribution in [2.75, 3.05) is 12.3 Å². The molecule has 1 rings (SSSR count). The van der Waals surface area contributed by atoms with Gasteiger partial charge in [-0.1, -0.05) is 0 Å². The van der Waals surface area contributed by atoms with Gasteiger partial charge in [0.1, 0.15) is 0 Å². The van der Waals surface area contributed by atoms with Gasteiger partial charge in [-0.25, -0.2) is 0 Å². The molecule has 0 aromatic carbocycles. The largest absolute Gasteiger partial charge is 0.481 e. The highest BCUT2D eigenvalue weighted by Gasteiger charge is 2.30. The van der Waals surface area contributed by atoms with Gasteiger partial charge in [0.15, 0.2) is 0 Å². The van der Waals surface area contributed by atoms with Crippen LogP contribution in [0.25, 0.3) is 0 Å². The molecule has 0 saturated carbocycles. The van der Waals surface area contributed by atoms with Crippen molar-refractivity contribution in [3.8, 4) is 0 Å². The zero-order chi connectivity index (χ0) is 12.9. The van der Waals surface area contributed by atoms with Gasteiger partial charge in [-0.3, -0.25) is 9.59 Å². The first-order valence-corrected chi connectivity index (χ1v) is 6.80. The molecule has 6 heteroatoms. The Morgan fingerprint density at radius 2 is 2.29 bits per heavy atom. The lowest BCUT2D eigenvalue weighted by molar-refractivity contribution is -0.137. The third kappa shape index (κ3) is 4.95. The molecule has 1 aliphatic rings. The highest BCUT2D eigenvalue weighted by Crippen LogP contribution is 2.36. The van der Waals surface area contributed by atoms with Crippen LogP contribution in [0.15, 0.2) is 0 Å². The lowest BCUT2D eigenvalue weighted by Crippen LogP contribution is -2.45. The second-order valence-corrected chi connectivity index (χ2v) is 6.34. The van der Waals surface area contributed by atoms with E-state index >= 15 is 0 Å². The van der Waals surface area contributed by atoms with Gasteiger partial charge in [0, 0.05) is 17.7 Å². The summed E-state index contributed by atoms with van der Waals surface area (Å²) in [6.07, 6.45) is 2.40. The fraction of sp³-hybridized carbons (Fsp3) is 0.818. The Kier molecular flexibility index (Phi) is 5.27. The monoisotopic (exact) mass is 260 g/mol. The normalized spacial score (nSPS) is 25.5. The summed E-state index contributed by atoms with van der Waals surface area (Å²) >= 11 is 1.87. The fourth-order valence-corrected chi connectivity index (χ4v) is 3.04. The predicted octanol–water partition coefficient (Wildman–Crippen LogP) is 0.580. The van der Waals surface area contributed by atoms with E-state index < -0.39 is 12.0 Å². The summed E-state index contributed by atoms with van der Waals surface area (Å²) in [5.41, 5.74) is 5.61. The number of rotatable bonds is 6. The first kappa shape index (κ1) is 14.3. The van der Waals surface area contributed by atoms with Crippen molar-refractivity contribution < 1.29 is 14.7 Å². The number of nitrogens with two attached hydrogens (primary N) is 1. The van der Waals surface area contributed by atoms with Crippen molar-refractivity contribution >= 4 is 23.6 Å². The first-order chi connectivity index (χ1) is 7.93. The van der Waals surface area contributed by atoms with Crippen LogP contribution in [0.1, 0.15) is 32.6 Å². The van der Waals surface area contributed by atoms with Gasteiger partial charge >= 0.3 is 5.97 Å². The van der Waals surface area contributed by atoms with E-state index in [9.17, 15) is 9.59 Å². The summed E-state index contributed by atoms with van der Waals surface area (Å²) in [6.45, 7) is 2.74. The zero-order valence-corrected chi connectivity index (χ0v) is 10.9. The van der Waals surface area contributed by atoms with E-state index in [1.807, 2.05) is 11.8 Å². The number of nitrogens with one attached hydrogen (secondary N) is 1. The van der Waals surface area contributed by atoms with Crippen LogP contribution in [0.5, 0.6) is 0 Å². The smallest absolute Gasteiger partial charge is 0.303 e. The van der Waals surface area contributed by atoms with E-state index in [-0.39, 0.29) is 23.5 Å². The minimum absolute atomic E-state index is 0.0688. The minimum Gasteiger partial charge on any atom is -0.481 e. The number of amides is 1. The molecule has 98 valence electrons. The molecule has 0 aromatic rings. The second kappa shape index (κ2) is 6.26. The van der Waals surface area contributed by atoms with Gasteiger partial charge in [-0.2, -0.15) is 11.8 Å². The Morgan fingerprint density at radius 1 is 1.59 bits per heavy atom. The maximum absolute atomic E-state index is 11.6. The molecular weight excluding hydrogens is 240 g/mol. The molecule has 0 bridgehead atoms. The molecule has 0 spiro atoms. The zero-order valence-electron chi connectivity index (χ0n) is 10.1.